The molecule has 0 aromatic heterocycles. The first-order valence-electron chi connectivity index (χ1n) is 16.2. The molecule has 0 aliphatic heterocycles. The molecule has 0 heterocycles. The van der Waals surface area contributed by atoms with Crippen molar-refractivity contribution < 1.29 is 0 Å². The summed E-state index contributed by atoms with van der Waals surface area (Å²) >= 11 is 0. The summed E-state index contributed by atoms with van der Waals surface area (Å²) in [5.74, 6) is 0. The van der Waals surface area contributed by atoms with Crippen LogP contribution in [-0.2, 0) is 0 Å². The zero-order chi connectivity index (χ0) is 31.2. The molecule has 0 saturated heterocycles. The first-order chi connectivity index (χ1) is 23.3. The van der Waals surface area contributed by atoms with E-state index in [-0.39, 0.29) is 0 Å². The lowest BCUT2D eigenvalue weighted by Gasteiger charge is -2.26. The lowest BCUT2D eigenvalue weighted by Crippen LogP contribution is -2.10. The predicted octanol–water partition coefficient (Wildman–Crippen LogP) is 13.1. The standard InChI is InChI=1S/C46H31N/c1-2-10-32(11-3-1)37-15-8-16-39(30-37)47(40-26-20-33-12-4-5-14-36(33)31-40)38-24-21-35(22-25-38)42-18-9-19-43-44(42)28-29-45-41-17-7-6-13-34(41)23-27-46(43)45/h1-31H. The largest absolute Gasteiger partial charge is 0.310 e. The van der Waals surface area contributed by atoms with Gasteiger partial charge in [0.05, 0.1) is 0 Å². The van der Waals surface area contributed by atoms with Gasteiger partial charge in [-0.2, -0.15) is 0 Å². The summed E-state index contributed by atoms with van der Waals surface area (Å²) in [4.78, 5) is 2.37. The Kier molecular flexibility index (Phi) is 6.54. The second kappa shape index (κ2) is 11.3. The summed E-state index contributed by atoms with van der Waals surface area (Å²) in [5.41, 5.74) is 8.22. The Bertz CT molecular complexity index is 2560. The number of hydrogen-bond donors (Lipinski definition) is 0. The Morgan fingerprint density at radius 2 is 0.830 bits per heavy atom. The van der Waals surface area contributed by atoms with E-state index in [1.807, 2.05) is 0 Å². The predicted molar refractivity (Wildman–Crippen MR) is 202 cm³/mol. The van der Waals surface area contributed by atoms with Gasteiger partial charge < -0.3 is 4.90 Å². The third-order valence-corrected chi connectivity index (χ3v) is 9.42. The van der Waals surface area contributed by atoms with Gasteiger partial charge in [-0.3, -0.25) is 0 Å². The molecule has 9 aromatic carbocycles. The third kappa shape index (κ3) is 4.81. The Balaban J connectivity index is 1.17. The number of anilines is 3. The summed E-state index contributed by atoms with van der Waals surface area (Å²) in [6, 6.07) is 68.2. The van der Waals surface area contributed by atoms with Gasteiger partial charge in [0.25, 0.3) is 0 Å². The van der Waals surface area contributed by atoms with E-state index in [0.29, 0.717) is 0 Å². The molecular formula is C46H31N. The summed E-state index contributed by atoms with van der Waals surface area (Å²) in [6.45, 7) is 0. The van der Waals surface area contributed by atoms with Gasteiger partial charge in [0.2, 0.25) is 0 Å². The Hall–Kier alpha value is -6.18. The highest BCUT2D eigenvalue weighted by Gasteiger charge is 2.15. The lowest BCUT2D eigenvalue weighted by atomic mass is 9.92. The van der Waals surface area contributed by atoms with Crippen LogP contribution in [0.1, 0.15) is 0 Å². The maximum Gasteiger partial charge on any atom is 0.0468 e. The molecule has 1 nitrogen and oxygen atoms in total. The monoisotopic (exact) mass is 597 g/mol. The van der Waals surface area contributed by atoms with Gasteiger partial charge in [-0.15, -0.1) is 0 Å². The van der Waals surface area contributed by atoms with Gasteiger partial charge in [-0.1, -0.05) is 152 Å². The molecule has 0 aliphatic carbocycles. The van der Waals surface area contributed by atoms with Crippen molar-refractivity contribution in [2.45, 2.75) is 0 Å². The fourth-order valence-corrected chi connectivity index (χ4v) is 7.12. The van der Waals surface area contributed by atoms with E-state index in [9.17, 15) is 0 Å². The minimum Gasteiger partial charge on any atom is -0.310 e. The number of nitrogens with zero attached hydrogens (tertiary/aromatic N) is 1. The van der Waals surface area contributed by atoms with Crippen molar-refractivity contribution in [3.63, 3.8) is 0 Å². The maximum absolute atomic E-state index is 2.37. The van der Waals surface area contributed by atoms with E-state index in [0.717, 1.165) is 17.1 Å². The van der Waals surface area contributed by atoms with Gasteiger partial charge in [0, 0.05) is 17.1 Å². The van der Waals surface area contributed by atoms with Crippen LogP contribution in [-0.4, -0.2) is 0 Å². The van der Waals surface area contributed by atoms with Crippen molar-refractivity contribution in [1.82, 2.24) is 0 Å². The number of hydrogen-bond acceptors (Lipinski definition) is 1. The molecule has 0 N–H and O–H groups in total. The van der Waals surface area contributed by atoms with Gasteiger partial charge in [0.15, 0.2) is 0 Å². The summed E-state index contributed by atoms with van der Waals surface area (Å²) in [5, 5.41) is 10.2. The molecule has 9 rings (SSSR count). The molecule has 0 fully saturated rings. The van der Waals surface area contributed by atoms with Crippen LogP contribution in [0.2, 0.25) is 0 Å². The Morgan fingerprint density at radius 1 is 0.255 bits per heavy atom. The van der Waals surface area contributed by atoms with Crippen LogP contribution in [0.25, 0.3) is 65.3 Å². The lowest BCUT2D eigenvalue weighted by molar-refractivity contribution is 1.29. The van der Waals surface area contributed by atoms with Crippen molar-refractivity contribution in [2.24, 2.45) is 0 Å². The summed E-state index contributed by atoms with van der Waals surface area (Å²) in [7, 11) is 0. The van der Waals surface area contributed by atoms with Crippen molar-refractivity contribution in [3.8, 4) is 22.3 Å². The van der Waals surface area contributed by atoms with E-state index in [1.54, 1.807) is 0 Å². The minimum absolute atomic E-state index is 1.12. The number of rotatable bonds is 5. The van der Waals surface area contributed by atoms with Crippen LogP contribution in [0.15, 0.2) is 188 Å². The Labute approximate surface area is 274 Å². The average molecular weight is 598 g/mol. The zero-order valence-corrected chi connectivity index (χ0v) is 25.8. The van der Waals surface area contributed by atoms with Gasteiger partial charge in [-0.05, 0) is 102 Å². The molecule has 0 amide bonds. The van der Waals surface area contributed by atoms with Crippen LogP contribution < -0.4 is 4.90 Å². The van der Waals surface area contributed by atoms with E-state index in [4.69, 9.17) is 0 Å². The topological polar surface area (TPSA) is 3.24 Å². The minimum atomic E-state index is 1.12. The van der Waals surface area contributed by atoms with Gasteiger partial charge in [-0.25, -0.2) is 0 Å². The molecule has 0 unspecified atom stereocenters. The van der Waals surface area contributed by atoms with E-state index in [1.165, 1.54) is 65.3 Å². The molecule has 220 valence electrons. The molecule has 9 aromatic rings. The van der Waals surface area contributed by atoms with Gasteiger partial charge in [0.1, 0.15) is 0 Å². The highest BCUT2D eigenvalue weighted by atomic mass is 15.1. The average Bonchev–Trinajstić information content (AvgIpc) is 3.15. The molecule has 1 heteroatoms. The van der Waals surface area contributed by atoms with E-state index >= 15 is 0 Å². The molecule has 0 aliphatic rings. The zero-order valence-electron chi connectivity index (χ0n) is 25.8. The first kappa shape index (κ1) is 27.2. The normalized spacial score (nSPS) is 11.4. The van der Waals surface area contributed by atoms with Crippen LogP contribution in [0.3, 0.4) is 0 Å². The van der Waals surface area contributed by atoms with Crippen molar-refractivity contribution in [2.75, 3.05) is 4.90 Å². The fraction of sp³-hybridized carbons (Fsp3) is 0. The molecule has 0 atom stereocenters. The summed E-state index contributed by atoms with van der Waals surface area (Å²) in [6.07, 6.45) is 0. The molecule has 0 radical (unpaired) electrons. The van der Waals surface area contributed by atoms with E-state index in [2.05, 4.69) is 193 Å². The smallest absolute Gasteiger partial charge is 0.0468 e. The molecule has 0 saturated carbocycles. The fourth-order valence-electron chi connectivity index (χ4n) is 7.12. The summed E-state index contributed by atoms with van der Waals surface area (Å²) < 4.78 is 0. The van der Waals surface area contributed by atoms with Crippen LogP contribution in [0, 0.1) is 0 Å². The molecule has 0 bridgehead atoms. The molecule has 47 heavy (non-hydrogen) atoms. The SMILES string of the molecule is c1ccc(-c2cccc(N(c3ccc(-c4cccc5c4ccc4c6ccccc6ccc54)cc3)c3ccc4ccccc4c3)c2)cc1. The molecule has 0 spiro atoms. The van der Waals surface area contributed by atoms with Crippen LogP contribution in [0.5, 0.6) is 0 Å². The van der Waals surface area contributed by atoms with Crippen molar-refractivity contribution >= 4 is 60.2 Å². The van der Waals surface area contributed by atoms with Crippen molar-refractivity contribution in [3.05, 3.63) is 188 Å². The first-order valence-corrected chi connectivity index (χ1v) is 16.2. The van der Waals surface area contributed by atoms with Crippen molar-refractivity contribution in [1.29, 1.82) is 0 Å². The third-order valence-electron chi connectivity index (χ3n) is 9.42. The Morgan fingerprint density at radius 3 is 1.70 bits per heavy atom. The maximum atomic E-state index is 2.37. The number of benzene rings is 9. The molecular weight excluding hydrogens is 567 g/mol. The van der Waals surface area contributed by atoms with E-state index < -0.39 is 0 Å². The van der Waals surface area contributed by atoms with Crippen LogP contribution >= 0.6 is 0 Å². The number of fused-ring (bicyclic) bond motifs is 6. The quantitative estimate of drug-likeness (QED) is 0.178. The second-order valence-electron chi connectivity index (χ2n) is 12.2. The van der Waals surface area contributed by atoms with Crippen LogP contribution in [0.4, 0.5) is 17.1 Å². The second-order valence-corrected chi connectivity index (χ2v) is 12.2. The highest BCUT2D eigenvalue weighted by Crippen LogP contribution is 2.40. The van der Waals surface area contributed by atoms with Gasteiger partial charge >= 0.3 is 0 Å². The highest BCUT2D eigenvalue weighted by molar-refractivity contribution is 6.19.